The van der Waals surface area contributed by atoms with Crippen LogP contribution >= 0.6 is 0 Å². The minimum Gasteiger partial charge on any atom is -0.445 e. The lowest BCUT2D eigenvalue weighted by Gasteiger charge is -2.31. The molecule has 0 saturated carbocycles. The van der Waals surface area contributed by atoms with Crippen molar-refractivity contribution in [2.75, 3.05) is 25.0 Å². The van der Waals surface area contributed by atoms with Crippen LogP contribution in [0.4, 0.5) is 10.5 Å². The van der Waals surface area contributed by atoms with Crippen molar-refractivity contribution in [1.29, 1.82) is 0 Å². The predicted octanol–water partition coefficient (Wildman–Crippen LogP) is 4.09. The van der Waals surface area contributed by atoms with Crippen LogP contribution in [0.25, 0.3) is 0 Å². The molecule has 0 bridgehead atoms. The fourth-order valence-electron chi connectivity index (χ4n) is 3.14. The molecule has 1 amide bonds. The number of amides is 1. The zero-order chi connectivity index (χ0) is 19.1. The van der Waals surface area contributed by atoms with E-state index in [1.807, 2.05) is 62.4 Å². The highest BCUT2D eigenvalue weighted by molar-refractivity contribution is 5.69. The van der Waals surface area contributed by atoms with Gasteiger partial charge in [-0.15, -0.1) is 5.23 Å². The molecule has 27 heavy (non-hydrogen) atoms. The average Bonchev–Trinajstić information content (AvgIpc) is 2.72. The van der Waals surface area contributed by atoms with Gasteiger partial charge < -0.3 is 9.64 Å². The summed E-state index contributed by atoms with van der Waals surface area (Å²) in [6, 6.07) is 15.7. The van der Waals surface area contributed by atoms with Gasteiger partial charge in [-0.3, -0.25) is 0 Å². The molecule has 0 fully saturated rings. The standard InChI is InChI=1S/C21H26N2O4/c1-3-26-23(27-4-2)20-12-8-11-18-15-22(14-13-19(18)20)21(24)25-16-17-9-6-5-7-10-17/h5-12H,3-4,13-16H2,1-2H3. The van der Waals surface area contributed by atoms with Gasteiger partial charge >= 0.3 is 6.09 Å². The molecule has 0 unspecified atom stereocenters. The van der Waals surface area contributed by atoms with Crippen molar-refractivity contribution in [3.8, 4) is 0 Å². The number of carbonyl (C=O) groups is 1. The lowest BCUT2D eigenvalue weighted by molar-refractivity contribution is -0.0821. The first kappa shape index (κ1) is 19.2. The molecule has 0 spiro atoms. The van der Waals surface area contributed by atoms with E-state index >= 15 is 0 Å². The third-order valence-corrected chi connectivity index (χ3v) is 4.39. The van der Waals surface area contributed by atoms with Gasteiger partial charge in [0, 0.05) is 13.1 Å². The van der Waals surface area contributed by atoms with Crippen molar-refractivity contribution < 1.29 is 19.2 Å². The number of fused-ring (bicyclic) bond motifs is 1. The first-order valence-corrected chi connectivity index (χ1v) is 9.35. The zero-order valence-electron chi connectivity index (χ0n) is 15.9. The number of anilines is 1. The molecule has 1 aliphatic heterocycles. The second-order valence-electron chi connectivity index (χ2n) is 6.22. The number of carbonyl (C=O) groups excluding carboxylic acids is 1. The second kappa shape index (κ2) is 9.39. The van der Waals surface area contributed by atoms with Crippen molar-refractivity contribution in [3.05, 3.63) is 65.2 Å². The van der Waals surface area contributed by atoms with Crippen LogP contribution in [0.3, 0.4) is 0 Å². The Morgan fingerprint density at radius 3 is 2.48 bits per heavy atom. The largest absolute Gasteiger partial charge is 0.445 e. The first-order chi connectivity index (χ1) is 13.2. The predicted molar refractivity (Wildman–Crippen MR) is 103 cm³/mol. The Bertz CT molecular complexity index is 745. The van der Waals surface area contributed by atoms with Crippen molar-refractivity contribution >= 4 is 11.8 Å². The minimum absolute atomic E-state index is 0.283. The van der Waals surface area contributed by atoms with Crippen LogP contribution < -0.4 is 5.23 Å². The number of rotatable bonds is 7. The van der Waals surface area contributed by atoms with Gasteiger partial charge in [0.05, 0.1) is 18.9 Å². The van der Waals surface area contributed by atoms with E-state index in [1.165, 1.54) is 5.23 Å². The van der Waals surface area contributed by atoms with Crippen molar-refractivity contribution in [1.82, 2.24) is 4.90 Å². The Morgan fingerprint density at radius 1 is 1.04 bits per heavy atom. The van der Waals surface area contributed by atoms with Gasteiger partial charge in [0.25, 0.3) is 0 Å². The normalized spacial score (nSPS) is 13.2. The molecule has 0 atom stereocenters. The summed E-state index contributed by atoms with van der Waals surface area (Å²) in [7, 11) is 0. The zero-order valence-corrected chi connectivity index (χ0v) is 15.9. The van der Waals surface area contributed by atoms with E-state index in [9.17, 15) is 4.79 Å². The van der Waals surface area contributed by atoms with Gasteiger partial charge in [0.2, 0.25) is 0 Å². The van der Waals surface area contributed by atoms with Crippen LogP contribution in [0.15, 0.2) is 48.5 Å². The van der Waals surface area contributed by atoms with Crippen molar-refractivity contribution in [3.63, 3.8) is 0 Å². The third-order valence-electron chi connectivity index (χ3n) is 4.39. The van der Waals surface area contributed by atoms with E-state index < -0.39 is 0 Å². The summed E-state index contributed by atoms with van der Waals surface area (Å²) < 4.78 is 5.46. The van der Waals surface area contributed by atoms with Crippen LogP contribution in [-0.2, 0) is 34.0 Å². The summed E-state index contributed by atoms with van der Waals surface area (Å²) in [4.78, 5) is 25.4. The lowest BCUT2D eigenvalue weighted by Crippen LogP contribution is -2.37. The molecule has 6 nitrogen and oxygen atoms in total. The van der Waals surface area contributed by atoms with Gasteiger partial charge in [0.15, 0.2) is 0 Å². The highest BCUT2D eigenvalue weighted by Crippen LogP contribution is 2.30. The topological polar surface area (TPSA) is 51.2 Å². The molecule has 6 heteroatoms. The molecule has 2 aromatic carbocycles. The Kier molecular flexibility index (Phi) is 6.68. The number of hydrogen-bond donors (Lipinski definition) is 0. The summed E-state index contributed by atoms with van der Waals surface area (Å²) in [5, 5.41) is 1.49. The van der Waals surface area contributed by atoms with Crippen LogP contribution in [-0.4, -0.2) is 30.8 Å². The Labute approximate surface area is 160 Å². The van der Waals surface area contributed by atoms with E-state index in [-0.39, 0.29) is 12.7 Å². The molecule has 0 aromatic heterocycles. The molecule has 0 aliphatic carbocycles. The molecular weight excluding hydrogens is 344 g/mol. The van der Waals surface area contributed by atoms with E-state index in [2.05, 4.69) is 0 Å². The highest BCUT2D eigenvalue weighted by Gasteiger charge is 2.25. The summed E-state index contributed by atoms with van der Waals surface area (Å²) in [5.74, 6) is 0. The monoisotopic (exact) mass is 370 g/mol. The van der Waals surface area contributed by atoms with E-state index in [0.717, 1.165) is 28.8 Å². The lowest BCUT2D eigenvalue weighted by atomic mass is 9.98. The summed E-state index contributed by atoms with van der Waals surface area (Å²) in [6.07, 6.45) is 0.434. The van der Waals surface area contributed by atoms with Gasteiger partial charge in [-0.05, 0) is 43.0 Å². The molecule has 1 aliphatic rings. The molecule has 0 saturated heterocycles. The van der Waals surface area contributed by atoms with Gasteiger partial charge in [0.1, 0.15) is 6.61 Å². The number of benzene rings is 2. The molecule has 2 aromatic rings. The van der Waals surface area contributed by atoms with Crippen LogP contribution in [0.1, 0.15) is 30.5 Å². The SMILES string of the molecule is CCON(OCC)c1cccc2c1CCN(C(=O)OCc1ccccc1)C2. The minimum atomic E-state index is -0.290. The van der Waals surface area contributed by atoms with Crippen LogP contribution in [0.2, 0.25) is 0 Å². The fraction of sp³-hybridized carbons (Fsp3) is 0.381. The second-order valence-corrected chi connectivity index (χ2v) is 6.22. The summed E-state index contributed by atoms with van der Waals surface area (Å²) in [5.41, 5.74) is 4.11. The molecule has 1 heterocycles. The Balaban J connectivity index is 1.67. The maximum absolute atomic E-state index is 12.4. The average molecular weight is 370 g/mol. The summed E-state index contributed by atoms with van der Waals surface area (Å²) in [6.45, 7) is 6.28. The van der Waals surface area contributed by atoms with Crippen LogP contribution in [0.5, 0.6) is 0 Å². The Morgan fingerprint density at radius 2 is 1.78 bits per heavy atom. The van der Waals surface area contributed by atoms with Gasteiger partial charge in [-0.1, -0.05) is 42.5 Å². The first-order valence-electron chi connectivity index (χ1n) is 9.35. The van der Waals surface area contributed by atoms with Crippen molar-refractivity contribution in [2.24, 2.45) is 0 Å². The maximum Gasteiger partial charge on any atom is 0.410 e. The molecular formula is C21H26N2O4. The van der Waals surface area contributed by atoms with E-state index in [1.54, 1.807) is 4.90 Å². The molecule has 3 rings (SSSR count). The van der Waals surface area contributed by atoms with Crippen LogP contribution in [0, 0.1) is 0 Å². The molecule has 0 radical (unpaired) electrons. The molecule has 144 valence electrons. The van der Waals surface area contributed by atoms with E-state index in [0.29, 0.717) is 26.3 Å². The smallest absolute Gasteiger partial charge is 0.410 e. The van der Waals surface area contributed by atoms with Crippen molar-refractivity contribution in [2.45, 2.75) is 33.4 Å². The number of ether oxygens (including phenoxy) is 1. The Hall–Kier alpha value is -2.57. The maximum atomic E-state index is 12.4. The van der Waals surface area contributed by atoms with Gasteiger partial charge in [-0.25, -0.2) is 14.5 Å². The number of hydrogen-bond acceptors (Lipinski definition) is 5. The molecule has 0 N–H and O–H groups in total. The third kappa shape index (κ3) is 4.78. The van der Waals surface area contributed by atoms with Gasteiger partial charge in [-0.2, -0.15) is 0 Å². The fourth-order valence-corrected chi connectivity index (χ4v) is 3.14. The highest BCUT2D eigenvalue weighted by atomic mass is 16.9. The quantitative estimate of drug-likeness (QED) is 0.687. The number of nitrogens with zero attached hydrogens (tertiary/aromatic N) is 2. The van der Waals surface area contributed by atoms with E-state index in [4.69, 9.17) is 14.4 Å². The summed E-state index contributed by atoms with van der Waals surface area (Å²) >= 11 is 0.